The summed E-state index contributed by atoms with van der Waals surface area (Å²) < 4.78 is 5.55. The number of anilines is 2. The Kier molecular flexibility index (Phi) is 5.43. The van der Waals surface area contributed by atoms with E-state index in [1.807, 2.05) is 0 Å². The van der Waals surface area contributed by atoms with E-state index in [2.05, 4.69) is 5.32 Å². The standard InChI is InChI=1S/C24H18N2O6/c1-2-32-20-6-4-3-5-19(20)26-22(28)17-12-9-15(13-18(17)23(26)29)21(27)25-16-10-7-14(8-11-16)24(30)31/h3-13H,2H2,1H3,(H,25,27)(H,30,31). The summed E-state index contributed by atoms with van der Waals surface area (Å²) in [7, 11) is 0. The number of fused-ring (bicyclic) bond motifs is 1. The van der Waals surface area contributed by atoms with Crippen LogP contribution in [0.5, 0.6) is 5.75 Å². The molecule has 0 bridgehead atoms. The topological polar surface area (TPSA) is 113 Å². The maximum absolute atomic E-state index is 13.1. The number of imide groups is 1. The molecule has 0 fully saturated rings. The van der Waals surface area contributed by atoms with Crippen LogP contribution in [-0.4, -0.2) is 35.4 Å². The van der Waals surface area contributed by atoms with Crippen molar-refractivity contribution in [2.75, 3.05) is 16.8 Å². The first kappa shape index (κ1) is 20.8. The second-order valence-corrected chi connectivity index (χ2v) is 6.94. The van der Waals surface area contributed by atoms with Crippen LogP contribution in [0, 0.1) is 0 Å². The molecule has 8 nitrogen and oxygen atoms in total. The second kappa shape index (κ2) is 8.35. The lowest BCUT2D eigenvalue weighted by Gasteiger charge is -2.17. The summed E-state index contributed by atoms with van der Waals surface area (Å²) in [6.07, 6.45) is 0. The number of nitrogens with one attached hydrogen (secondary N) is 1. The van der Waals surface area contributed by atoms with Crippen LogP contribution in [0.3, 0.4) is 0 Å². The van der Waals surface area contributed by atoms with Gasteiger partial charge in [0, 0.05) is 11.3 Å². The van der Waals surface area contributed by atoms with Crippen molar-refractivity contribution in [3.05, 3.63) is 89.0 Å². The van der Waals surface area contributed by atoms with Gasteiger partial charge in [0.15, 0.2) is 0 Å². The molecule has 8 heteroatoms. The van der Waals surface area contributed by atoms with Gasteiger partial charge in [0.25, 0.3) is 17.7 Å². The normalized spacial score (nSPS) is 12.5. The molecule has 0 aliphatic carbocycles. The average molecular weight is 430 g/mol. The van der Waals surface area contributed by atoms with Gasteiger partial charge in [0.2, 0.25) is 0 Å². The number of ether oxygens (including phenoxy) is 1. The minimum Gasteiger partial charge on any atom is -0.492 e. The summed E-state index contributed by atoms with van der Waals surface area (Å²) in [6.45, 7) is 2.18. The third-order valence-corrected chi connectivity index (χ3v) is 4.94. The first-order valence-corrected chi connectivity index (χ1v) is 9.80. The molecule has 0 saturated carbocycles. The van der Waals surface area contributed by atoms with Crippen LogP contribution in [0.1, 0.15) is 48.4 Å². The van der Waals surface area contributed by atoms with Crippen molar-refractivity contribution in [2.45, 2.75) is 6.92 Å². The summed E-state index contributed by atoms with van der Waals surface area (Å²) in [5.41, 5.74) is 1.34. The molecular weight excluding hydrogens is 412 g/mol. The monoisotopic (exact) mass is 430 g/mol. The van der Waals surface area contributed by atoms with E-state index in [-0.39, 0.29) is 22.3 Å². The number of amides is 3. The molecule has 0 aromatic heterocycles. The van der Waals surface area contributed by atoms with Gasteiger partial charge in [0.1, 0.15) is 5.75 Å². The van der Waals surface area contributed by atoms with Gasteiger partial charge in [-0.25, -0.2) is 9.69 Å². The molecule has 4 rings (SSSR count). The van der Waals surface area contributed by atoms with Crippen LogP contribution in [0.25, 0.3) is 0 Å². The number of carboxylic acids is 1. The molecule has 0 saturated heterocycles. The number of nitrogens with zero attached hydrogens (tertiary/aromatic N) is 1. The van der Waals surface area contributed by atoms with E-state index in [0.29, 0.717) is 23.7 Å². The predicted octanol–water partition coefficient (Wildman–Crippen LogP) is 3.84. The Morgan fingerprint density at radius 1 is 0.906 bits per heavy atom. The molecule has 0 radical (unpaired) electrons. The zero-order chi connectivity index (χ0) is 22.8. The highest BCUT2D eigenvalue weighted by atomic mass is 16.5. The van der Waals surface area contributed by atoms with Crippen LogP contribution < -0.4 is 15.0 Å². The highest BCUT2D eigenvalue weighted by molar-refractivity contribution is 6.35. The van der Waals surface area contributed by atoms with Crippen LogP contribution in [0.4, 0.5) is 11.4 Å². The molecular formula is C24H18N2O6. The summed E-state index contributed by atoms with van der Waals surface area (Å²) in [5, 5.41) is 11.6. The third-order valence-electron chi connectivity index (χ3n) is 4.94. The molecule has 0 spiro atoms. The van der Waals surface area contributed by atoms with Crippen LogP contribution in [0.15, 0.2) is 66.7 Å². The number of carbonyl (C=O) groups excluding carboxylic acids is 3. The van der Waals surface area contributed by atoms with Crippen molar-refractivity contribution in [3.8, 4) is 5.75 Å². The van der Waals surface area contributed by atoms with Gasteiger partial charge in [-0.1, -0.05) is 12.1 Å². The Labute approximate surface area is 183 Å². The zero-order valence-electron chi connectivity index (χ0n) is 17.0. The van der Waals surface area contributed by atoms with Gasteiger partial charge in [0.05, 0.1) is 29.0 Å². The minimum atomic E-state index is -1.07. The zero-order valence-corrected chi connectivity index (χ0v) is 17.0. The Morgan fingerprint density at radius 2 is 1.56 bits per heavy atom. The number of para-hydroxylation sites is 2. The summed E-state index contributed by atoms with van der Waals surface area (Å²) in [6, 6.07) is 16.7. The largest absolute Gasteiger partial charge is 0.492 e. The SMILES string of the molecule is CCOc1ccccc1N1C(=O)c2ccc(C(=O)Nc3ccc(C(=O)O)cc3)cc2C1=O. The number of hydrogen-bond acceptors (Lipinski definition) is 5. The lowest BCUT2D eigenvalue weighted by atomic mass is 10.1. The molecule has 3 amide bonds. The maximum Gasteiger partial charge on any atom is 0.335 e. The number of carbonyl (C=O) groups is 4. The molecule has 1 aliphatic heterocycles. The van der Waals surface area contributed by atoms with Gasteiger partial charge in [-0.15, -0.1) is 0 Å². The van der Waals surface area contributed by atoms with Gasteiger partial charge in [-0.2, -0.15) is 0 Å². The van der Waals surface area contributed by atoms with Gasteiger partial charge >= 0.3 is 5.97 Å². The molecule has 1 aliphatic rings. The van der Waals surface area contributed by atoms with Gasteiger partial charge < -0.3 is 15.2 Å². The molecule has 3 aromatic rings. The molecule has 32 heavy (non-hydrogen) atoms. The Morgan fingerprint density at radius 3 is 2.25 bits per heavy atom. The molecule has 3 aromatic carbocycles. The fourth-order valence-corrected chi connectivity index (χ4v) is 3.42. The Hall–Kier alpha value is -4.46. The number of benzene rings is 3. The third kappa shape index (κ3) is 3.69. The first-order valence-electron chi connectivity index (χ1n) is 9.80. The minimum absolute atomic E-state index is 0.0945. The van der Waals surface area contributed by atoms with E-state index in [1.54, 1.807) is 31.2 Å². The highest BCUT2D eigenvalue weighted by Crippen LogP contribution is 2.35. The van der Waals surface area contributed by atoms with Crippen LogP contribution >= 0.6 is 0 Å². The van der Waals surface area contributed by atoms with Crippen molar-refractivity contribution >= 4 is 35.1 Å². The predicted molar refractivity (Wildman–Crippen MR) is 117 cm³/mol. The average Bonchev–Trinajstić information content (AvgIpc) is 3.04. The fraction of sp³-hybridized carbons (Fsp3) is 0.0833. The fourth-order valence-electron chi connectivity index (χ4n) is 3.42. The molecule has 0 unspecified atom stereocenters. The van der Waals surface area contributed by atoms with Crippen molar-refractivity contribution < 1.29 is 29.0 Å². The van der Waals surface area contributed by atoms with Crippen LogP contribution in [-0.2, 0) is 0 Å². The van der Waals surface area contributed by atoms with E-state index in [9.17, 15) is 19.2 Å². The van der Waals surface area contributed by atoms with Crippen molar-refractivity contribution in [1.29, 1.82) is 0 Å². The number of rotatable bonds is 6. The molecule has 2 N–H and O–H groups in total. The molecule has 0 atom stereocenters. The highest BCUT2D eigenvalue weighted by Gasteiger charge is 2.38. The summed E-state index contributed by atoms with van der Waals surface area (Å²) >= 11 is 0. The smallest absolute Gasteiger partial charge is 0.335 e. The first-order chi connectivity index (χ1) is 15.4. The molecule has 160 valence electrons. The van der Waals surface area contributed by atoms with Crippen molar-refractivity contribution in [2.24, 2.45) is 0 Å². The van der Waals surface area contributed by atoms with E-state index in [1.165, 1.54) is 42.5 Å². The van der Waals surface area contributed by atoms with Crippen molar-refractivity contribution in [1.82, 2.24) is 0 Å². The van der Waals surface area contributed by atoms with Crippen molar-refractivity contribution in [3.63, 3.8) is 0 Å². The molecule has 1 heterocycles. The second-order valence-electron chi connectivity index (χ2n) is 6.94. The Bertz CT molecular complexity index is 1250. The number of carboxylic acid groups (broad SMARTS) is 1. The van der Waals surface area contributed by atoms with E-state index < -0.39 is 23.7 Å². The number of aromatic carboxylic acids is 1. The number of hydrogen-bond donors (Lipinski definition) is 2. The summed E-state index contributed by atoms with van der Waals surface area (Å²) in [4.78, 5) is 50.6. The van der Waals surface area contributed by atoms with E-state index >= 15 is 0 Å². The van der Waals surface area contributed by atoms with E-state index in [4.69, 9.17) is 9.84 Å². The lowest BCUT2D eigenvalue weighted by molar-refractivity contribution is 0.0696. The lowest BCUT2D eigenvalue weighted by Crippen LogP contribution is -2.29. The Balaban J connectivity index is 1.60. The summed E-state index contributed by atoms with van der Waals surface area (Å²) in [5.74, 6) is -2.19. The quantitative estimate of drug-likeness (QED) is 0.575. The maximum atomic E-state index is 13.1. The van der Waals surface area contributed by atoms with E-state index in [0.717, 1.165) is 4.90 Å². The van der Waals surface area contributed by atoms with Gasteiger partial charge in [-0.05, 0) is 61.5 Å². The van der Waals surface area contributed by atoms with Crippen LogP contribution in [0.2, 0.25) is 0 Å². The van der Waals surface area contributed by atoms with Gasteiger partial charge in [-0.3, -0.25) is 14.4 Å².